The molecule has 0 unspecified atom stereocenters. The van der Waals surface area contributed by atoms with Crippen LogP contribution in [0.15, 0.2) is 42.5 Å². The first-order valence-corrected chi connectivity index (χ1v) is 11.8. The van der Waals surface area contributed by atoms with Crippen LogP contribution in [0.3, 0.4) is 0 Å². The number of methoxy groups -OCH3 is 3. The van der Waals surface area contributed by atoms with E-state index in [2.05, 4.69) is 5.32 Å². The Balaban J connectivity index is 2.15. The molecule has 0 aliphatic carbocycles. The molecule has 0 aliphatic heterocycles. The van der Waals surface area contributed by atoms with Crippen LogP contribution in [0.25, 0.3) is 0 Å². The van der Waals surface area contributed by atoms with Gasteiger partial charge in [0.2, 0.25) is 11.8 Å². The predicted molar refractivity (Wildman–Crippen MR) is 135 cm³/mol. The van der Waals surface area contributed by atoms with Gasteiger partial charge in [-0.05, 0) is 62.6 Å². The standard InChI is InChI=1S/C27H38N2O6/c1-19(2)35-15-7-14-28-27(31)20(3)29(18-21-8-11-23(32-4)12-9-21)26(30)17-22-10-13-24(33-5)25(16-22)34-6/h8-13,16,19-20H,7,14-15,17-18H2,1-6H3,(H,28,31)/t20-/m0/s1. The van der Waals surface area contributed by atoms with Crippen molar-refractivity contribution < 1.29 is 28.5 Å². The summed E-state index contributed by atoms with van der Waals surface area (Å²) in [6.45, 7) is 7.04. The van der Waals surface area contributed by atoms with Gasteiger partial charge in [-0.2, -0.15) is 0 Å². The van der Waals surface area contributed by atoms with Gasteiger partial charge in [-0.25, -0.2) is 0 Å². The van der Waals surface area contributed by atoms with E-state index in [9.17, 15) is 9.59 Å². The SMILES string of the molecule is COc1ccc(CN(C(=O)Cc2ccc(OC)c(OC)c2)[C@@H](C)C(=O)NCCCOC(C)C)cc1. The van der Waals surface area contributed by atoms with Crippen LogP contribution in [-0.2, 0) is 27.3 Å². The molecule has 2 amide bonds. The van der Waals surface area contributed by atoms with E-state index >= 15 is 0 Å². The van der Waals surface area contributed by atoms with Gasteiger partial charge in [0.05, 0.1) is 33.9 Å². The fourth-order valence-electron chi connectivity index (χ4n) is 3.53. The highest BCUT2D eigenvalue weighted by atomic mass is 16.5. The van der Waals surface area contributed by atoms with Gasteiger partial charge < -0.3 is 29.2 Å². The Morgan fingerprint density at radius 2 is 1.54 bits per heavy atom. The molecule has 2 rings (SSSR count). The fourth-order valence-corrected chi connectivity index (χ4v) is 3.53. The molecule has 0 aliphatic rings. The van der Waals surface area contributed by atoms with Gasteiger partial charge in [0, 0.05) is 19.7 Å². The molecule has 0 bridgehead atoms. The molecule has 8 heteroatoms. The summed E-state index contributed by atoms with van der Waals surface area (Å²) in [4.78, 5) is 27.9. The van der Waals surface area contributed by atoms with Crippen LogP contribution in [0.2, 0.25) is 0 Å². The third-order valence-corrected chi connectivity index (χ3v) is 5.55. The number of hydrogen-bond donors (Lipinski definition) is 1. The molecule has 2 aromatic carbocycles. The summed E-state index contributed by atoms with van der Waals surface area (Å²) in [5.41, 5.74) is 1.67. The Hall–Kier alpha value is -3.26. The number of ether oxygens (including phenoxy) is 4. The Labute approximate surface area is 208 Å². The second-order valence-corrected chi connectivity index (χ2v) is 8.48. The molecule has 8 nitrogen and oxygen atoms in total. The summed E-state index contributed by atoms with van der Waals surface area (Å²) in [6, 6.07) is 12.2. The van der Waals surface area contributed by atoms with Crippen LogP contribution in [0.5, 0.6) is 17.2 Å². The molecule has 0 fully saturated rings. The quantitative estimate of drug-likeness (QED) is 0.411. The number of nitrogens with zero attached hydrogens (tertiary/aromatic N) is 1. The molecule has 0 saturated carbocycles. The van der Waals surface area contributed by atoms with Gasteiger partial charge in [0.1, 0.15) is 11.8 Å². The zero-order valence-electron chi connectivity index (χ0n) is 21.6. The highest BCUT2D eigenvalue weighted by Crippen LogP contribution is 2.28. The average molecular weight is 487 g/mol. The molecule has 192 valence electrons. The summed E-state index contributed by atoms with van der Waals surface area (Å²) in [5.74, 6) is 1.50. The van der Waals surface area contributed by atoms with Gasteiger partial charge in [-0.1, -0.05) is 18.2 Å². The Bertz CT molecular complexity index is 945. The summed E-state index contributed by atoms with van der Waals surface area (Å²) in [7, 11) is 4.72. The van der Waals surface area contributed by atoms with Gasteiger partial charge in [0.25, 0.3) is 0 Å². The molecule has 0 spiro atoms. The summed E-state index contributed by atoms with van der Waals surface area (Å²) in [6.07, 6.45) is 0.976. The van der Waals surface area contributed by atoms with Crippen molar-refractivity contribution in [2.45, 2.75) is 52.3 Å². The van der Waals surface area contributed by atoms with Crippen molar-refractivity contribution in [3.8, 4) is 17.2 Å². The lowest BCUT2D eigenvalue weighted by Gasteiger charge is -2.29. The number of amides is 2. The van der Waals surface area contributed by atoms with E-state index in [1.807, 2.05) is 44.2 Å². The molecule has 1 N–H and O–H groups in total. The Morgan fingerprint density at radius 1 is 0.886 bits per heavy atom. The maximum Gasteiger partial charge on any atom is 0.242 e. The lowest BCUT2D eigenvalue weighted by Crippen LogP contribution is -2.48. The molecular formula is C27H38N2O6. The van der Waals surface area contributed by atoms with Crippen molar-refractivity contribution in [2.24, 2.45) is 0 Å². The first kappa shape index (κ1) is 28.0. The topological polar surface area (TPSA) is 86.3 Å². The van der Waals surface area contributed by atoms with Crippen molar-refractivity contribution in [1.82, 2.24) is 10.2 Å². The largest absolute Gasteiger partial charge is 0.497 e. The van der Waals surface area contributed by atoms with Crippen LogP contribution in [-0.4, -0.2) is 63.3 Å². The Kier molecular flexibility index (Phi) is 11.4. The predicted octanol–water partition coefficient (Wildman–Crippen LogP) is 3.60. The third-order valence-electron chi connectivity index (χ3n) is 5.55. The summed E-state index contributed by atoms with van der Waals surface area (Å²) >= 11 is 0. The molecule has 0 aromatic heterocycles. The minimum absolute atomic E-state index is 0.121. The zero-order chi connectivity index (χ0) is 25.8. The zero-order valence-corrected chi connectivity index (χ0v) is 21.6. The van der Waals surface area contributed by atoms with E-state index in [1.165, 1.54) is 0 Å². The van der Waals surface area contributed by atoms with Crippen LogP contribution >= 0.6 is 0 Å². The molecule has 0 heterocycles. The van der Waals surface area contributed by atoms with Crippen molar-refractivity contribution >= 4 is 11.8 Å². The van der Waals surface area contributed by atoms with Gasteiger partial charge in [-0.3, -0.25) is 9.59 Å². The second kappa shape index (κ2) is 14.2. The number of benzene rings is 2. The molecular weight excluding hydrogens is 448 g/mol. The molecule has 0 saturated heterocycles. The molecule has 0 radical (unpaired) electrons. The van der Waals surface area contributed by atoms with E-state index in [4.69, 9.17) is 18.9 Å². The summed E-state index contributed by atoms with van der Waals surface area (Å²) in [5, 5.41) is 2.92. The monoisotopic (exact) mass is 486 g/mol. The number of carbonyl (C=O) groups is 2. The van der Waals surface area contributed by atoms with E-state index in [0.717, 1.165) is 16.9 Å². The summed E-state index contributed by atoms with van der Waals surface area (Å²) < 4.78 is 21.4. The third kappa shape index (κ3) is 8.79. The van der Waals surface area contributed by atoms with E-state index < -0.39 is 6.04 Å². The lowest BCUT2D eigenvalue weighted by molar-refractivity contribution is -0.140. The van der Waals surface area contributed by atoms with E-state index in [1.54, 1.807) is 45.3 Å². The highest BCUT2D eigenvalue weighted by molar-refractivity contribution is 5.88. The van der Waals surface area contributed by atoms with Gasteiger partial charge >= 0.3 is 0 Å². The normalized spacial score (nSPS) is 11.6. The minimum Gasteiger partial charge on any atom is -0.497 e. The van der Waals surface area contributed by atoms with Crippen LogP contribution in [0, 0.1) is 0 Å². The van der Waals surface area contributed by atoms with Crippen molar-refractivity contribution in [3.05, 3.63) is 53.6 Å². The highest BCUT2D eigenvalue weighted by Gasteiger charge is 2.26. The van der Waals surface area contributed by atoms with E-state index in [0.29, 0.717) is 37.6 Å². The fraction of sp³-hybridized carbons (Fsp3) is 0.481. The van der Waals surface area contributed by atoms with Gasteiger partial charge in [0.15, 0.2) is 11.5 Å². The molecule has 35 heavy (non-hydrogen) atoms. The molecule has 1 atom stereocenters. The lowest BCUT2D eigenvalue weighted by atomic mass is 10.1. The number of carbonyl (C=O) groups excluding carboxylic acids is 2. The van der Waals surface area contributed by atoms with Crippen molar-refractivity contribution in [3.63, 3.8) is 0 Å². The van der Waals surface area contributed by atoms with Crippen molar-refractivity contribution in [2.75, 3.05) is 34.5 Å². The number of hydrogen-bond acceptors (Lipinski definition) is 6. The smallest absolute Gasteiger partial charge is 0.242 e. The average Bonchev–Trinajstić information content (AvgIpc) is 2.86. The van der Waals surface area contributed by atoms with Crippen LogP contribution in [0.4, 0.5) is 0 Å². The first-order chi connectivity index (χ1) is 16.8. The maximum absolute atomic E-state index is 13.4. The number of nitrogens with one attached hydrogen (secondary N) is 1. The van der Waals surface area contributed by atoms with Gasteiger partial charge in [-0.15, -0.1) is 0 Å². The maximum atomic E-state index is 13.4. The van der Waals surface area contributed by atoms with Crippen LogP contribution < -0.4 is 19.5 Å². The van der Waals surface area contributed by atoms with E-state index in [-0.39, 0.29) is 24.3 Å². The second-order valence-electron chi connectivity index (χ2n) is 8.48. The van der Waals surface area contributed by atoms with Crippen molar-refractivity contribution in [1.29, 1.82) is 0 Å². The number of rotatable bonds is 14. The first-order valence-electron chi connectivity index (χ1n) is 11.8. The Morgan fingerprint density at radius 3 is 2.14 bits per heavy atom. The minimum atomic E-state index is -0.657. The van der Waals surface area contributed by atoms with Crippen LogP contribution in [0.1, 0.15) is 38.3 Å². The molecule has 2 aromatic rings.